The molecule has 0 saturated heterocycles. The lowest BCUT2D eigenvalue weighted by Crippen LogP contribution is -2.14. The van der Waals surface area contributed by atoms with Crippen LogP contribution in [0.15, 0.2) is 18.2 Å². The highest BCUT2D eigenvalue weighted by Crippen LogP contribution is 2.17. The molecule has 1 amide bonds. The predicted octanol–water partition coefficient (Wildman–Crippen LogP) is 3.75. The fraction of sp³-hybridized carbons (Fsp3) is 0.588. The Morgan fingerprint density at radius 1 is 1.43 bits per heavy atom. The van der Waals surface area contributed by atoms with Crippen molar-refractivity contribution in [2.45, 2.75) is 46.5 Å². The first kappa shape index (κ1) is 17.5. The number of rotatable bonds is 9. The molecule has 1 aromatic carbocycles. The summed E-state index contributed by atoms with van der Waals surface area (Å²) in [5, 5.41) is 2.91. The van der Waals surface area contributed by atoms with Crippen molar-refractivity contribution in [1.82, 2.24) is 0 Å². The fourth-order valence-corrected chi connectivity index (χ4v) is 2.24. The van der Waals surface area contributed by atoms with Crippen LogP contribution in [0.1, 0.15) is 45.1 Å². The van der Waals surface area contributed by atoms with E-state index in [0.29, 0.717) is 24.6 Å². The number of amides is 1. The van der Waals surface area contributed by atoms with Gasteiger partial charge in [-0.2, -0.15) is 0 Å². The van der Waals surface area contributed by atoms with Gasteiger partial charge in [-0.1, -0.05) is 20.3 Å². The van der Waals surface area contributed by atoms with Crippen LogP contribution in [0.2, 0.25) is 0 Å². The molecule has 4 nitrogen and oxygen atoms in total. The number of hydrogen-bond acceptors (Lipinski definition) is 3. The number of ether oxygens (including phenoxy) is 1. The van der Waals surface area contributed by atoms with Crippen molar-refractivity contribution < 1.29 is 9.53 Å². The minimum absolute atomic E-state index is 0.0214. The molecule has 0 radical (unpaired) electrons. The quantitative estimate of drug-likeness (QED) is 0.538. The van der Waals surface area contributed by atoms with Crippen molar-refractivity contribution in [1.29, 1.82) is 0 Å². The van der Waals surface area contributed by atoms with E-state index in [2.05, 4.69) is 19.2 Å². The van der Waals surface area contributed by atoms with Crippen LogP contribution >= 0.6 is 0 Å². The zero-order valence-electron chi connectivity index (χ0n) is 13.4. The lowest BCUT2D eigenvalue weighted by atomic mass is 10.1. The number of nitrogens with one attached hydrogen (secondary N) is 1. The van der Waals surface area contributed by atoms with E-state index in [4.69, 9.17) is 10.5 Å². The molecule has 0 aliphatic rings. The summed E-state index contributed by atoms with van der Waals surface area (Å²) in [6.45, 7) is 7.74. The summed E-state index contributed by atoms with van der Waals surface area (Å²) in [7, 11) is 0. The minimum atomic E-state index is 0.0214. The summed E-state index contributed by atoms with van der Waals surface area (Å²) in [4.78, 5) is 11.9. The molecule has 0 aliphatic heterocycles. The molecule has 0 spiro atoms. The Hall–Kier alpha value is -1.55. The number of anilines is 2. The minimum Gasteiger partial charge on any atom is -0.399 e. The molecule has 118 valence electrons. The van der Waals surface area contributed by atoms with Crippen LogP contribution in [0, 0.1) is 12.8 Å². The Kier molecular flexibility index (Phi) is 7.83. The molecule has 0 heterocycles. The van der Waals surface area contributed by atoms with Gasteiger partial charge < -0.3 is 15.8 Å². The molecule has 0 aliphatic carbocycles. The van der Waals surface area contributed by atoms with Crippen molar-refractivity contribution in [2.75, 3.05) is 24.3 Å². The number of benzene rings is 1. The van der Waals surface area contributed by atoms with Gasteiger partial charge in [0, 0.05) is 31.0 Å². The van der Waals surface area contributed by atoms with Gasteiger partial charge in [-0.25, -0.2) is 0 Å². The van der Waals surface area contributed by atoms with E-state index in [1.54, 1.807) is 6.07 Å². The van der Waals surface area contributed by atoms with Crippen molar-refractivity contribution in [3.8, 4) is 0 Å². The first-order valence-corrected chi connectivity index (χ1v) is 7.76. The second-order valence-corrected chi connectivity index (χ2v) is 5.69. The number of nitrogens with two attached hydrogens (primary N) is 1. The second-order valence-electron chi connectivity index (χ2n) is 5.69. The Balaban J connectivity index is 2.19. The summed E-state index contributed by atoms with van der Waals surface area (Å²) in [6, 6.07) is 5.49. The van der Waals surface area contributed by atoms with Gasteiger partial charge in [0.15, 0.2) is 0 Å². The van der Waals surface area contributed by atoms with E-state index in [1.165, 1.54) is 12.8 Å². The van der Waals surface area contributed by atoms with Crippen LogP contribution in [0.5, 0.6) is 0 Å². The van der Waals surface area contributed by atoms with E-state index in [9.17, 15) is 4.79 Å². The van der Waals surface area contributed by atoms with E-state index in [-0.39, 0.29) is 5.91 Å². The highest BCUT2D eigenvalue weighted by atomic mass is 16.5. The number of hydrogen-bond donors (Lipinski definition) is 2. The molecule has 1 aromatic rings. The maximum Gasteiger partial charge on any atom is 0.224 e. The van der Waals surface area contributed by atoms with Gasteiger partial charge in [0.25, 0.3) is 0 Å². The summed E-state index contributed by atoms with van der Waals surface area (Å²) < 4.78 is 5.59. The molecule has 0 saturated carbocycles. The van der Waals surface area contributed by atoms with E-state index >= 15 is 0 Å². The van der Waals surface area contributed by atoms with Crippen LogP contribution in [0.3, 0.4) is 0 Å². The van der Waals surface area contributed by atoms with Crippen LogP contribution in [-0.4, -0.2) is 19.1 Å². The monoisotopic (exact) mass is 292 g/mol. The van der Waals surface area contributed by atoms with E-state index in [0.717, 1.165) is 24.3 Å². The lowest BCUT2D eigenvalue weighted by molar-refractivity contribution is -0.116. The Morgan fingerprint density at radius 3 is 2.86 bits per heavy atom. The van der Waals surface area contributed by atoms with Crippen molar-refractivity contribution in [3.63, 3.8) is 0 Å². The van der Waals surface area contributed by atoms with Crippen LogP contribution < -0.4 is 11.1 Å². The summed E-state index contributed by atoms with van der Waals surface area (Å²) >= 11 is 0. The highest BCUT2D eigenvalue weighted by Gasteiger charge is 2.05. The molecule has 0 bridgehead atoms. The van der Waals surface area contributed by atoms with Gasteiger partial charge in [0.2, 0.25) is 5.91 Å². The third kappa shape index (κ3) is 7.14. The number of aryl methyl sites for hydroxylation is 1. The Bertz CT molecular complexity index is 446. The molecule has 3 N–H and O–H groups in total. The van der Waals surface area contributed by atoms with Crippen LogP contribution in [0.25, 0.3) is 0 Å². The van der Waals surface area contributed by atoms with Gasteiger partial charge in [-0.15, -0.1) is 0 Å². The molecule has 1 unspecified atom stereocenters. The summed E-state index contributed by atoms with van der Waals surface area (Å²) in [5.41, 5.74) is 8.20. The average molecular weight is 292 g/mol. The fourth-order valence-electron chi connectivity index (χ4n) is 2.24. The normalized spacial score (nSPS) is 12.1. The van der Waals surface area contributed by atoms with E-state index in [1.807, 2.05) is 19.1 Å². The second kappa shape index (κ2) is 9.40. The van der Waals surface area contributed by atoms with Crippen molar-refractivity contribution in [2.24, 2.45) is 5.92 Å². The molecule has 0 aromatic heterocycles. The number of carbonyl (C=O) groups is 1. The van der Waals surface area contributed by atoms with Gasteiger partial charge in [0.1, 0.15) is 0 Å². The van der Waals surface area contributed by atoms with Gasteiger partial charge in [0.05, 0.1) is 0 Å². The molecular weight excluding hydrogens is 264 g/mol. The van der Waals surface area contributed by atoms with Gasteiger partial charge >= 0.3 is 0 Å². The molecular formula is C17H28N2O2. The first-order chi connectivity index (χ1) is 10.0. The lowest BCUT2D eigenvalue weighted by Gasteiger charge is -2.11. The number of nitrogen functional groups attached to an aromatic ring is 1. The SMILES string of the molecule is CCCC(C)COCCCC(=O)Nc1ccc(N)cc1C. The topological polar surface area (TPSA) is 64.3 Å². The van der Waals surface area contributed by atoms with Crippen molar-refractivity contribution in [3.05, 3.63) is 23.8 Å². The average Bonchev–Trinajstić information content (AvgIpc) is 2.42. The summed E-state index contributed by atoms with van der Waals surface area (Å²) in [5.74, 6) is 0.620. The standard InChI is InChI=1S/C17H28N2O2/c1-4-6-13(2)12-21-10-5-7-17(20)19-16-9-8-15(18)11-14(16)3/h8-9,11,13H,4-7,10,12,18H2,1-3H3,(H,19,20). The zero-order valence-corrected chi connectivity index (χ0v) is 13.4. The molecule has 1 rings (SSSR count). The third-order valence-electron chi connectivity index (χ3n) is 3.40. The van der Waals surface area contributed by atoms with Crippen LogP contribution in [0.4, 0.5) is 11.4 Å². The van der Waals surface area contributed by atoms with Crippen LogP contribution in [-0.2, 0) is 9.53 Å². The van der Waals surface area contributed by atoms with Crippen molar-refractivity contribution >= 4 is 17.3 Å². The third-order valence-corrected chi connectivity index (χ3v) is 3.40. The predicted molar refractivity (Wildman–Crippen MR) is 88.3 cm³/mol. The molecule has 4 heteroatoms. The zero-order chi connectivity index (χ0) is 15.7. The van der Waals surface area contributed by atoms with Gasteiger partial charge in [-0.3, -0.25) is 4.79 Å². The Morgan fingerprint density at radius 2 is 2.19 bits per heavy atom. The number of carbonyl (C=O) groups excluding carboxylic acids is 1. The van der Waals surface area contributed by atoms with E-state index < -0.39 is 0 Å². The summed E-state index contributed by atoms with van der Waals surface area (Å²) in [6.07, 6.45) is 3.61. The molecule has 21 heavy (non-hydrogen) atoms. The molecule has 0 fully saturated rings. The van der Waals surface area contributed by atoms with Gasteiger partial charge in [-0.05, 0) is 49.4 Å². The largest absolute Gasteiger partial charge is 0.399 e. The Labute approximate surface area is 128 Å². The smallest absolute Gasteiger partial charge is 0.224 e. The maximum absolute atomic E-state index is 11.9. The highest BCUT2D eigenvalue weighted by molar-refractivity contribution is 5.91. The first-order valence-electron chi connectivity index (χ1n) is 7.76. The maximum atomic E-state index is 11.9. The molecule has 1 atom stereocenters.